The first-order chi connectivity index (χ1) is 8.24. The molecule has 0 saturated heterocycles. The molecule has 6 nitrogen and oxygen atoms in total. The van der Waals surface area contributed by atoms with E-state index in [1.54, 1.807) is 0 Å². The molecule has 0 radical (unpaired) electrons. The lowest BCUT2D eigenvalue weighted by Crippen LogP contribution is -2.37. The predicted molar refractivity (Wildman–Crippen MR) is 69.6 cm³/mol. The number of aromatic carboxylic acids is 1. The molecule has 1 heterocycles. The summed E-state index contributed by atoms with van der Waals surface area (Å²) < 4.78 is 26.2. The van der Waals surface area contributed by atoms with E-state index in [1.807, 2.05) is 25.9 Å². The SMILES string of the molecule is CC(CNS(=O)(=O)c1ccc(C(=O)O)s1)N(C)C. The van der Waals surface area contributed by atoms with Gasteiger partial charge < -0.3 is 10.0 Å². The second-order valence-corrected chi connectivity index (χ2v) is 7.17. The van der Waals surface area contributed by atoms with Crippen LogP contribution in [0.2, 0.25) is 0 Å². The summed E-state index contributed by atoms with van der Waals surface area (Å²) in [6.07, 6.45) is 0. The van der Waals surface area contributed by atoms with Gasteiger partial charge in [0.05, 0.1) is 0 Å². The Balaban J connectivity index is 2.77. The third-order valence-electron chi connectivity index (χ3n) is 2.51. The number of sulfonamides is 1. The zero-order valence-electron chi connectivity index (χ0n) is 10.4. The van der Waals surface area contributed by atoms with Crippen LogP contribution in [0.3, 0.4) is 0 Å². The molecule has 0 fully saturated rings. The van der Waals surface area contributed by atoms with E-state index in [0.29, 0.717) is 0 Å². The molecule has 8 heteroatoms. The van der Waals surface area contributed by atoms with Gasteiger partial charge in [0.25, 0.3) is 0 Å². The third-order valence-corrected chi connectivity index (χ3v) is 5.50. The monoisotopic (exact) mass is 292 g/mol. The highest BCUT2D eigenvalue weighted by Crippen LogP contribution is 2.21. The Morgan fingerprint density at radius 3 is 2.56 bits per heavy atom. The fraction of sp³-hybridized carbons (Fsp3) is 0.500. The van der Waals surface area contributed by atoms with Gasteiger partial charge in [-0.2, -0.15) is 0 Å². The van der Waals surface area contributed by atoms with E-state index >= 15 is 0 Å². The van der Waals surface area contributed by atoms with Gasteiger partial charge in [-0.05, 0) is 33.2 Å². The van der Waals surface area contributed by atoms with Crippen molar-refractivity contribution in [3.05, 3.63) is 17.0 Å². The summed E-state index contributed by atoms with van der Waals surface area (Å²) in [6.45, 7) is 2.16. The van der Waals surface area contributed by atoms with Crippen LogP contribution < -0.4 is 4.72 Å². The first kappa shape index (κ1) is 15.1. The summed E-state index contributed by atoms with van der Waals surface area (Å²) >= 11 is 0.744. The highest BCUT2D eigenvalue weighted by Gasteiger charge is 2.19. The van der Waals surface area contributed by atoms with E-state index < -0.39 is 16.0 Å². The zero-order chi connectivity index (χ0) is 13.9. The van der Waals surface area contributed by atoms with Crippen LogP contribution in [0.5, 0.6) is 0 Å². The molecular formula is C10H16N2O4S2. The number of hydrogen-bond donors (Lipinski definition) is 2. The Morgan fingerprint density at radius 2 is 2.11 bits per heavy atom. The largest absolute Gasteiger partial charge is 0.477 e. The van der Waals surface area contributed by atoms with E-state index in [1.165, 1.54) is 12.1 Å². The molecular weight excluding hydrogens is 276 g/mol. The van der Waals surface area contributed by atoms with Crippen LogP contribution in [0, 0.1) is 0 Å². The number of nitrogens with zero attached hydrogens (tertiary/aromatic N) is 1. The Bertz CT molecular complexity index is 522. The van der Waals surface area contributed by atoms with Gasteiger partial charge in [-0.15, -0.1) is 11.3 Å². The molecule has 102 valence electrons. The predicted octanol–water partition coefficient (Wildman–Crippen LogP) is 0.675. The Hall–Kier alpha value is -0.960. The van der Waals surface area contributed by atoms with Crippen molar-refractivity contribution in [3.63, 3.8) is 0 Å². The molecule has 0 spiro atoms. The molecule has 0 saturated carbocycles. The molecule has 0 aromatic carbocycles. The molecule has 18 heavy (non-hydrogen) atoms. The molecule has 0 amide bonds. The van der Waals surface area contributed by atoms with Crippen molar-refractivity contribution in [1.82, 2.24) is 9.62 Å². The third kappa shape index (κ3) is 3.77. The van der Waals surface area contributed by atoms with Gasteiger partial charge in [0.2, 0.25) is 10.0 Å². The van der Waals surface area contributed by atoms with Crippen LogP contribution in [0.25, 0.3) is 0 Å². The van der Waals surface area contributed by atoms with Crippen LogP contribution in [-0.2, 0) is 10.0 Å². The number of carbonyl (C=O) groups is 1. The zero-order valence-corrected chi connectivity index (χ0v) is 12.0. The molecule has 1 aromatic rings. The lowest BCUT2D eigenvalue weighted by Gasteiger charge is -2.19. The second-order valence-electron chi connectivity index (χ2n) is 4.09. The summed E-state index contributed by atoms with van der Waals surface area (Å²) in [5.41, 5.74) is 0. The van der Waals surface area contributed by atoms with Crippen molar-refractivity contribution < 1.29 is 18.3 Å². The lowest BCUT2D eigenvalue weighted by molar-refractivity contribution is 0.0702. The molecule has 1 aromatic heterocycles. The van der Waals surface area contributed by atoms with Crippen LogP contribution in [0.4, 0.5) is 0 Å². The normalized spacial score (nSPS) is 13.8. The summed E-state index contributed by atoms with van der Waals surface area (Å²) in [7, 11) is 0.0846. The fourth-order valence-electron chi connectivity index (χ4n) is 1.06. The highest BCUT2D eigenvalue weighted by molar-refractivity contribution is 7.91. The molecule has 0 bridgehead atoms. The van der Waals surface area contributed by atoms with Gasteiger partial charge in [-0.3, -0.25) is 0 Å². The van der Waals surface area contributed by atoms with Crippen LogP contribution >= 0.6 is 11.3 Å². The average molecular weight is 292 g/mol. The minimum absolute atomic E-state index is 0.0102. The van der Waals surface area contributed by atoms with Crippen molar-refractivity contribution in [2.75, 3.05) is 20.6 Å². The van der Waals surface area contributed by atoms with E-state index in [0.717, 1.165) is 11.3 Å². The van der Waals surface area contributed by atoms with E-state index in [9.17, 15) is 13.2 Å². The standard InChI is InChI=1S/C10H16N2O4S2/c1-7(12(2)3)6-11-18(15,16)9-5-4-8(17-9)10(13)14/h4-5,7,11H,6H2,1-3H3,(H,13,14). The minimum Gasteiger partial charge on any atom is -0.477 e. The van der Waals surface area contributed by atoms with E-state index in [2.05, 4.69) is 4.72 Å². The summed E-state index contributed by atoms with van der Waals surface area (Å²) in [4.78, 5) is 12.6. The number of nitrogens with one attached hydrogen (secondary N) is 1. The topological polar surface area (TPSA) is 86.7 Å². The molecule has 1 rings (SSSR count). The molecule has 0 aliphatic carbocycles. The van der Waals surface area contributed by atoms with Gasteiger partial charge in [0, 0.05) is 12.6 Å². The number of likely N-dealkylation sites (N-methyl/N-ethyl adjacent to an activating group) is 1. The molecule has 1 unspecified atom stereocenters. The summed E-state index contributed by atoms with van der Waals surface area (Å²) in [5.74, 6) is -1.12. The van der Waals surface area contributed by atoms with Gasteiger partial charge in [-0.25, -0.2) is 17.9 Å². The Kier molecular flexibility index (Phi) is 4.85. The summed E-state index contributed by atoms with van der Waals surface area (Å²) in [6, 6.07) is 2.65. The number of carboxylic acids is 1. The van der Waals surface area contributed by atoms with Gasteiger partial charge in [0.1, 0.15) is 9.09 Å². The minimum atomic E-state index is -3.62. The molecule has 1 atom stereocenters. The second kappa shape index (κ2) is 5.79. The van der Waals surface area contributed by atoms with Crippen molar-refractivity contribution in [2.45, 2.75) is 17.2 Å². The van der Waals surface area contributed by atoms with Crippen molar-refractivity contribution >= 4 is 27.3 Å². The van der Waals surface area contributed by atoms with Gasteiger partial charge in [-0.1, -0.05) is 0 Å². The Morgan fingerprint density at radius 1 is 1.50 bits per heavy atom. The van der Waals surface area contributed by atoms with E-state index in [-0.39, 0.29) is 21.7 Å². The van der Waals surface area contributed by atoms with Crippen LogP contribution in [-0.4, -0.2) is 51.1 Å². The average Bonchev–Trinajstić information content (AvgIpc) is 2.75. The number of hydrogen-bond acceptors (Lipinski definition) is 5. The van der Waals surface area contributed by atoms with Crippen molar-refractivity contribution in [3.8, 4) is 0 Å². The van der Waals surface area contributed by atoms with Gasteiger partial charge in [0.15, 0.2) is 0 Å². The fourth-order valence-corrected chi connectivity index (χ4v) is 3.37. The van der Waals surface area contributed by atoms with Crippen LogP contribution in [0.1, 0.15) is 16.6 Å². The number of thiophene rings is 1. The molecule has 2 N–H and O–H groups in total. The van der Waals surface area contributed by atoms with Crippen molar-refractivity contribution in [2.24, 2.45) is 0 Å². The maximum Gasteiger partial charge on any atom is 0.345 e. The van der Waals surface area contributed by atoms with E-state index in [4.69, 9.17) is 5.11 Å². The number of rotatable bonds is 6. The smallest absolute Gasteiger partial charge is 0.345 e. The number of carboxylic acid groups (broad SMARTS) is 1. The molecule has 0 aliphatic rings. The maximum atomic E-state index is 11.9. The first-order valence-corrected chi connectivity index (χ1v) is 7.53. The van der Waals surface area contributed by atoms with Crippen molar-refractivity contribution in [1.29, 1.82) is 0 Å². The highest BCUT2D eigenvalue weighted by atomic mass is 32.2. The summed E-state index contributed by atoms with van der Waals surface area (Å²) in [5, 5.41) is 8.74. The molecule has 0 aliphatic heterocycles. The maximum absolute atomic E-state index is 11.9. The quantitative estimate of drug-likeness (QED) is 0.805. The lowest BCUT2D eigenvalue weighted by atomic mass is 10.3. The first-order valence-electron chi connectivity index (χ1n) is 5.23. The Labute approximate surface area is 110 Å². The van der Waals surface area contributed by atoms with Gasteiger partial charge >= 0.3 is 5.97 Å². The van der Waals surface area contributed by atoms with Crippen LogP contribution in [0.15, 0.2) is 16.3 Å².